The number of nitrogens with zero attached hydrogens (tertiary/aromatic N) is 2. The van der Waals surface area contributed by atoms with Crippen LogP contribution in [0.1, 0.15) is 70.5 Å². The van der Waals surface area contributed by atoms with Gasteiger partial charge in [-0.25, -0.2) is 0 Å². The predicted molar refractivity (Wildman–Crippen MR) is 76.0 cm³/mol. The third-order valence-corrected chi connectivity index (χ3v) is 5.49. The first-order chi connectivity index (χ1) is 9.00. The molecule has 0 bridgehead atoms. The van der Waals surface area contributed by atoms with Crippen molar-refractivity contribution < 1.29 is 5.11 Å². The van der Waals surface area contributed by atoms with E-state index in [9.17, 15) is 5.11 Å². The van der Waals surface area contributed by atoms with Gasteiger partial charge in [0.1, 0.15) is 0 Å². The molecular formula is C16H26N2O. The van der Waals surface area contributed by atoms with E-state index < -0.39 is 5.60 Å². The highest BCUT2D eigenvalue weighted by Gasteiger charge is 2.47. The number of rotatable bonds is 3. The van der Waals surface area contributed by atoms with Crippen LogP contribution in [-0.2, 0) is 6.42 Å². The highest BCUT2D eigenvalue weighted by Crippen LogP contribution is 2.47. The van der Waals surface area contributed by atoms with E-state index in [0.29, 0.717) is 12.5 Å². The molecule has 19 heavy (non-hydrogen) atoms. The zero-order valence-corrected chi connectivity index (χ0v) is 12.2. The summed E-state index contributed by atoms with van der Waals surface area (Å²) >= 11 is 0. The zero-order valence-electron chi connectivity index (χ0n) is 12.2. The number of aromatic nitrogens is 2. The Kier molecular flexibility index (Phi) is 3.20. The van der Waals surface area contributed by atoms with Gasteiger partial charge in [0, 0.05) is 12.6 Å². The Morgan fingerprint density at radius 2 is 2.00 bits per heavy atom. The normalized spacial score (nSPS) is 31.1. The van der Waals surface area contributed by atoms with Crippen LogP contribution in [0.25, 0.3) is 0 Å². The van der Waals surface area contributed by atoms with Crippen molar-refractivity contribution in [1.29, 1.82) is 0 Å². The summed E-state index contributed by atoms with van der Waals surface area (Å²) in [5.74, 6) is 0. The molecule has 0 spiro atoms. The molecule has 0 amide bonds. The molecule has 3 heteroatoms. The van der Waals surface area contributed by atoms with Gasteiger partial charge in [0.2, 0.25) is 0 Å². The van der Waals surface area contributed by atoms with Gasteiger partial charge in [0.15, 0.2) is 0 Å². The Balaban J connectivity index is 1.73. The Labute approximate surface area is 116 Å². The first kappa shape index (κ1) is 13.2. The Morgan fingerprint density at radius 1 is 1.26 bits per heavy atom. The van der Waals surface area contributed by atoms with Crippen molar-refractivity contribution >= 4 is 0 Å². The minimum absolute atomic E-state index is 0.0180. The van der Waals surface area contributed by atoms with Gasteiger partial charge in [-0.15, -0.1) is 0 Å². The molecule has 0 radical (unpaired) electrons. The Hall–Kier alpha value is -0.830. The number of hydrogen-bond acceptors (Lipinski definition) is 2. The molecule has 2 aliphatic rings. The minimum Gasteiger partial charge on any atom is -0.389 e. The summed E-state index contributed by atoms with van der Waals surface area (Å²) in [5.41, 5.74) is 0.510. The summed E-state index contributed by atoms with van der Waals surface area (Å²) in [6.45, 7) is 4.38. The molecule has 1 atom stereocenters. The van der Waals surface area contributed by atoms with Gasteiger partial charge in [-0.1, -0.05) is 26.7 Å². The van der Waals surface area contributed by atoms with E-state index in [4.69, 9.17) is 5.10 Å². The van der Waals surface area contributed by atoms with Crippen LogP contribution in [0, 0.1) is 5.41 Å². The SMILES string of the molecule is CC1(C)CCCC1(O)Cc1ccn(C2CCCC2)n1. The van der Waals surface area contributed by atoms with Crippen molar-refractivity contribution in [3.05, 3.63) is 18.0 Å². The van der Waals surface area contributed by atoms with Crippen LogP contribution in [0.2, 0.25) is 0 Å². The lowest BCUT2D eigenvalue weighted by molar-refractivity contribution is -0.0427. The second-order valence-electron chi connectivity index (χ2n) is 7.17. The van der Waals surface area contributed by atoms with Gasteiger partial charge in [0.25, 0.3) is 0 Å². The molecule has 2 aliphatic carbocycles. The topological polar surface area (TPSA) is 38.0 Å². The van der Waals surface area contributed by atoms with Crippen molar-refractivity contribution in [2.24, 2.45) is 5.41 Å². The molecule has 2 fully saturated rings. The molecule has 2 saturated carbocycles. The highest BCUT2D eigenvalue weighted by molar-refractivity contribution is 5.10. The fraction of sp³-hybridized carbons (Fsp3) is 0.812. The van der Waals surface area contributed by atoms with Crippen LogP contribution in [-0.4, -0.2) is 20.5 Å². The van der Waals surface area contributed by atoms with Crippen molar-refractivity contribution in [2.45, 2.75) is 76.9 Å². The molecule has 0 saturated heterocycles. The van der Waals surface area contributed by atoms with Crippen molar-refractivity contribution in [3.63, 3.8) is 0 Å². The zero-order chi connectivity index (χ0) is 13.5. The summed E-state index contributed by atoms with van der Waals surface area (Å²) in [6.07, 6.45) is 11.2. The maximum Gasteiger partial charge on any atom is 0.0754 e. The van der Waals surface area contributed by atoms with E-state index in [-0.39, 0.29) is 5.41 Å². The Morgan fingerprint density at radius 3 is 2.63 bits per heavy atom. The summed E-state index contributed by atoms with van der Waals surface area (Å²) < 4.78 is 2.13. The van der Waals surface area contributed by atoms with Crippen LogP contribution in [0.3, 0.4) is 0 Å². The predicted octanol–water partition coefficient (Wildman–Crippen LogP) is 3.48. The summed E-state index contributed by atoms with van der Waals surface area (Å²) in [7, 11) is 0. The van der Waals surface area contributed by atoms with E-state index in [2.05, 4.69) is 30.8 Å². The smallest absolute Gasteiger partial charge is 0.0754 e. The second kappa shape index (κ2) is 4.62. The molecule has 106 valence electrons. The molecular weight excluding hydrogens is 236 g/mol. The van der Waals surface area contributed by atoms with Gasteiger partial charge < -0.3 is 5.11 Å². The van der Waals surface area contributed by atoms with E-state index in [1.54, 1.807) is 0 Å². The molecule has 3 rings (SSSR count). The van der Waals surface area contributed by atoms with Crippen LogP contribution in [0.4, 0.5) is 0 Å². The monoisotopic (exact) mass is 262 g/mol. The fourth-order valence-corrected chi connectivity index (χ4v) is 3.86. The van der Waals surface area contributed by atoms with E-state index >= 15 is 0 Å². The molecule has 1 N–H and O–H groups in total. The van der Waals surface area contributed by atoms with Gasteiger partial charge in [0.05, 0.1) is 17.3 Å². The molecule has 1 aromatic heterocycles. The van der Waals surface area contributed by atoms with Crippen molar-refractivity contribution in [3.8, 4) is 0 Å². The molecule has 1 heterocycles. The summed E-state index contributed by atoms with van der Waals surface area (Å²) in [4.78, 5) is 0. The summed E-state index contributed by atoms with van der Waals surface area (Å²) in [6, 6.07) is 2.70. The van der Waals surface area contributed by atoms with Gasteiger partial charge in [-0.2, -0.15) is 5.10 Å². The lowest BCUT2D eigenvalue weighted by Gasteiger charge is -2.36. The van der Waals surface area contributed by atoms with E-state index in [1.165, 1.54) is 25.7 Å². The van der Waals surface area contributed by atoms with Gasteiger partial charge in [-0.3, -0.25) is 4.68 Å². The lowest BCUT2D eigenvalue weighted by Crippen LogP contribution is -2.42. The molecule has 1 aromatic rings. The van der Waals surface area contributed by atoms with E-state index in [0.717, 1.165) is 25.0 Å². The highest BCUT2D eigenvalue weighted by atomic mass is 16.3. The average Bonchev–Trinajstić information content (AvgIpc) is 3.00. The van der Waals surface area contributed by atoms with Crippen LogP contribution in [0.5, 0.6) is 0 Å². The largest absolute Gasteiger partial charge is 0.389 e. The van der Waals surface area contributed by atoms with Gasteiger partial charge in [-0.05, 0) is 43.6 Å². The second-order valence-corrected chi connectivity index (χ2v) is 7.17. The van der Waals surface area contributed by atoms with Crippen molar-refractivity contribution in [2.75, 3.05) is 0 Å². The quantitative estimate of drug-likeness (QED) is 0.905. The first-order valence-electron chi connectivity index (χ1n) is 7.77. The Bertz CT molecular complexity index is 445. The fourth-order valence-electron chi connectivity index (χ4n) is 3.86. The third-order valence-electron chi connectivity index (χ3n) is 5.49. The standard InChI is InChI=1S/C16H26N2O/c1-15(2)9-5-10-16(15,19)12-13-8-11-18(17-13)14-6-3-4-7-14/h8,11,14,19H,3-7,9-10,12H2,1-2H3. The maximum absolute atomic E-state index is 10.9. The third kappa shape index (κ3) is 2.33. The van der Waals surface area contributed by atoms with Crippen LogP contribution < -0.4 is 0 Å². The number of aliphatic hydroxyl groups is 1. The number of hydrogen-bond donors (Lipinski definition) is 1. The minimum atomic E-state index is -0.568. The average molecular weight is 262 g/mol. The molecule has 0 aliphatic heterocycles. The molecule has 0 aromatic carbocycles. The van der Waals surface area contributed by atoms with Gasteiger partial charge >= 0.3 is 0 Å². The summed E-state index contributed by atoms with van der Waals surface area (Å²) in [5, 5.41) is 15.6. The molecule has 3 nitrogen and oxygen atoms in total. The maximum atomic E-state index is 10.9. The van der Waals surface area contributed by atoms with Crippen molar-refractivity contribution in [1.82, 2.24) is 9.78 Å². The first-order valence-corrected chi connectivity index (χ1v) is 7.77. The van der Waals surface area contributed by atoms with Crippen LogP contribution in [0.15, 0.2) is 12.3 Å². The molecule has 1 unspecified atom stereocenters. The van der Waals surface area contributed by atoms with E-state index in [1.807, 2.05) is 0 Å². The lowest BCUT2D eigenvalue weighted by atomic mass is 9.75. The van der Waals surface area contributed by atoms with Crippen LogP contribution >= 0.6 is 0 Å².